The minimum atomic E-state index is -1.41. The molecule has 2 aromatic carbocycles. The fourth-order valence-corrected chi connectivity index (χ4v) is 6.44. The lowest BCUT2D eigenvalue weighted by molar-refractivity contribution is -0.137. The summed E-state index contributed by atoms with van der Waals surface area (Å²) >= 11 is 0. The highest BCUT2D eigenvalue weighted by Crippen LogP contribution is 2.32. The Hall–Kier alpha value is -6.11. The molecule has 1 aliphatic rings. The number of nitrogens with zero attached hydrogens (tertiary/aromatic N) is 2. The third-order valence-electron chi connectivity index (χ3n) is 9.29. The maximum absolute atomic E-state index is 14.6. The second-order valence-corrected chi connectivity index (χ2v) is 18.6. The molecule has 6 amide bonds. The van der Waals surface area contributed by atoms with Gasteiger partial charge in [-0.05, 0) is 122 Å². The fourth-order valence-electron chi connectivity index (χ4n) is 6.44. The molecular formula is C45H67N7O12. The van der Waals surface area contributed by atoms with Gasteiger partial charge >= 0.3 is 24.2 Å². The van der Waals surface area contributed by atoms with Crippen LogP contribution in [0, 0.1) is 0 Å². The second-order valence-electron chi connectivity index (χ2n) is 18.6. The predicted molar refractivity (Wildman–Crippen MR) is 237 cm³/mol. The number of phenols is 1. The van der Waals surface area contributed by atoms with E-state index in [2.05, 4.69) is 21.3 Å². The van der Waals surface area contributed by atoms with Crippen LogP contribution in [0.25, 0.3) is 11.1 Å². The molecule has 0 unspecified atom stereocenters. The molecular weight excluding hydrogens is 831 g/mol. The van der Waals surface area contributed by atoms with Gasteiger partial charge < -0.3 is 60.9 Å². The van der Waals surface area contributed by atoms with Crippen LogP contribution in [0.2, 0.25) is 0 Å². The zero-order valence-electron chi connectivity index (χ0n) is 39.0. The molecule has 0 aromatic heterocycles. The minimum Gasteiger partial charge on any atom is -0.508 e. The summed E-state index contributed by atoms with van der Waals surface area (Å²) in [5.41, 5.74) is 5.21. The number of phenolic OH excluding ortho intramolecular Hbond substituents is 1. The van der Waals surface area contributed by atoms with Gasteiger partial charge in [0.2, 0.25) is 17.7 Å². The maximum atomic E-state index is 14.6. The first kappa shape index (κ1) is 52.2. The number of rotatable bonds is 12. The van der Waals surface area contributed by atoms with Gasteiger partial charge in [0, 0.05) is 59.5 Å². The molecule has 0 saturated carbocycles. The zero-order valence-corrected chi connectivity index (χ0v) is 39.0. The number of fused-ring (bicyclic) bond motifs is 5. The third kappa shape index (κ3) is 17.6. The second kappa shape index (κ2) is 22.5. The van der Waals surface area contributed by atoms with Gasteiger partial charge in [0.1, 0.15) is 46.4 Å². The van der Waals surface area contributed by atoms with Crippen LogP contribution in [0.1, 0.15) is 93.2 Å². The van der Waals surface area contributed by atoms with E-state index in [0.717, 1.165) is 0 Å². The number of likely N-dealkylation sites (N-methyl/N-ethyl adjacent to an activating group) is 1. The number of carbonyl (C=O) groups excluding carboxylic acids is 7. The van der Waals surface area contributed by atoms with Gasteiger partial charge in [-0.3, -0.25) is 19.2 Å². The lowest BCUT2D eigenvalue weighted by Gasteiger charge is -2.31. The number of nitrogens with one attached hydrogen (secondary N) is 4. The van der Waals surface area contributed by atoms with Crippen LogP contribution >= 0.6 is 0 Å². The number of benzene rings is 2. The molecule has 19 nitrogen and oxygen atoms in total. The Kier molecular flexibility index (Phi) is 18.4. The molecule has 4 bridgehead atoms. The van der Waals surface area contributed by atoms with E-state index in [4.69, 9.17) is 24.7 Å². The molecule has 0 aliphatic carbocycles. The fraction of sp³-hybridized carbons (Fsp3) is 0.578. The van der Waals surface area contributed by atoms with Crippen molar-refractivity contribution in [3.63, 3.8) is 0 Å². The predicted octanol–water partition coefficient (Wildman–Crippen LogP) is 3.91. The molecule has 7 N–H and O–H groups in total. The van der Waals surface area contributed by atoms with E-state index in [0.29, 0.717) is 16.7 Å². The number of hydrogen-bond donors (Lipinski definition) is 6. The smallest absolute Gasteiger partial charge is 0.410 e. The number of amides is 6. The Morgan fingerprint density at radius 2 is 1.38 bits per heavy atom. The largest absolute Gasteiger partial charge is 0.508 e. The molecule has 2 aromatic rings. The summed E-state index contributed by atoms with van der Waals surface area (Å²) in [6.07, 6.45) is -2.65. The van der Waals surface area contributed by atoms with Gasteiger partial charge in [-0.15, -0.1) is 0 Å². The number of esters is 1. The van der Waals surface area contributed by atoms with E-state index in [1.807, 2.05) is 0 Å². The number of aromatic hydroxyl groups is 1. The number of alkyl carbamates (subject to hydrolysis) is 2. The normalized spacial score (nSPS) is 17.0. The Balaban J connectivity index is 2.18. The van der Waals surface area contributed by atoms with Crippen molar-refractivity contribution in [3.8, 4) is 22.6 Å². The van der Waals surface area contributed by atoms with E-state index in [-0.39, 0.29) is 75.5 Å². The van der Waals surface area contributed by atoms with Gasteiger partial charge in [0.05, 0.1) is 0 Å². The van der Waals surface area contributed by atoms with Crippen LogP contribution in [0.4, 0.5) is 14.4 Å². The van der Waals surface area contributed by atoms with Crippen molar-refractivity contribution in [1.82, 2.24) is 31.1 Å². The van der Waals surface area contributed by atoms with Crippen molar-refractivity contribution in [2.45, 2.75) is 130 Å². The lowest BCUT2D eigenvalue weighted by Crippen LogP contribution is -2.58. The Morgan fingerprint density at radius 3 is 1.97 bits per heavy atom. The van der Waals surface area contributed by atoms with Gasteiger partial charge in [-0.2, -0.15) is 0 Å². The van der Waals surface area contributed by atoms with Crippen LogP contribution in [-0.4, -0.2) is 132 Å². The lowest BCUT2D eigenvalue weighted by atomic mass is 9.95. The van der Waals surface area contributed by atoms with Crippen molar-refractivity contribution in [2.24, 2.45) is 5.73 Å². The van der Waals surface area contributed by atoms with Gasteiger partial charge in [0.25, 0.3) is 0 Å². The van der Waals surface area contributed by atoms with Crippen molar-refractivity contribution in [1.29, 1.82) is 0 Å². The first-order chi connectivity index (χ1) is 29.6. The van der Waals surface area contributed by atoms with Gasteiger partial charge in [-0.25, -0.2) is 14.4 Å². The van der Waals surface area contributed by atoms with Crippen LogP contribution in [0.3, 0.4) is 0 Å². The van der Waals surface area contributed by atoms with E-state index in [1.54, 1.807) is 86.6 Å². The molecule has 0 saturated heterocycles. The maximum Gasteiger partial charge on any atom is 0.410 e. The standard InChI is InChI=1S/C45H67N7O12/c1-27(53)61-36-17-15-29-24-31(36)26-33(50-41(59)63-44(5,6)7)38(56)48-32(13-12-19-47-40(58)62-43(2,3)4)37(55)49-34(25-30-23-28(29)14-16-35(30)54)39(57)52(20-18-46)22-21-51(11)42(60)64-45(8,9)10/h14-17,23-24,32-34,54H,12-13,18-22,25-26,46H2,1-11H3,(H,47,58)(H,48,56)(H,49,55)(H,50,59)/t32-,33-,34-/m0/s1. The Bertz CT molecular complexity index is 2000. The highest BCUT2D eigenvalue weighted by Gasteiger charge is 2.34. The summed E-state index contributed by atoms with van der Waals surface area (Å²) in [5.74, 6) is -2.93. The number of hydrogen-bond acceptors (Lipinski definition) is 13. The van der Waals surface area contributed by atoms with Crippen molar-refractivity contribution in [3.05, 3.63) is 47.5 Å². The summed E-state index contributed by atoms with van der Waals surface area (Å²) in [6.45, 7) is 16.6. The van der Waals surface area contributed by atoms with E-state index in [9.17, 15) is 38.7 Å². The quantitative estimate of drug-likeness (QED) is 0.0766. The van der Waals surface area contributed by atoms with Crippen LogP contribution in [0.15, 0.2) is 36.4 Å². The Labute approximate surface area is 375 Å². The Morgan fingerprint density at radius 1 is 0.781 bits per heavy atom. The average Bonchev–Trinajstić information content (AvgIpc) is 3.15. The molecule has 0 radical (unpaired) electrons. The van der Waals surface area contributed by atoms with E-state index in [1.165, 1.54) is 35.9 Å². The third-order valence-corrected chi connectivity index (χ3v) is 9.29. The SMILES string of the molecule is CC(=O)Oc1ccc2cc1C[C@H](NC(=O)OC(C)(C)C)C(=O)N[C@@H](CCCNC(=O)OC(C)(C)C)C(=O)N[C@H](C(=O)N(CCN)CCN(C)C(=O)OC(C)(C)C)Cc1cc-2ccc1O. The zero-order chi connectivity index (χ0) is 48.2. The molecule has 19 heteroatoms. The topological polar surface area (TPSA) is 257 Å². The molecule has 0 spiro atoms. The average molecular weight is 898 g/mol. The number of nitrogens with two attached hydrogens (primary N) is 1. The van der Waals surface area contributed by atoms with Crippen molar-refractivity contribution in [2.75, 3.05) is 39.8 Å². The number of carbonyl (C=O) groups is 7. The van der Waals surface area contributed by atoms with Gasteiger partial charge in [0.15, 0.2) is 0 Å². The highest BCUT2D eigenvalue weighted by atomic mass is 16.6. The summed E-state index contributed by atoms with van der Waals surface area (Å²) in [4.78, 5) is 96.9. The molecule has 1 aliphatic heterocycles. The molecule has 3 atom stereocenters. The number of ether oxygens (including phenoxy) is 4. The van der Waals surface area contributed by atoms with Crippen LogP contribution in [0.5, 0.6) is 11.5 Å². The monoisotopic (exact) mass is 897 g/mol. The highest BCUT2D eigenvalue weighted by molar-refractivity contribution is 5.94. The summed E-state index contributed by atoms with van der Waals surface area (Å²) < 4.78 is 21.8. The summed E-state index contributed by atoms with van der Waals surface area (Å²) in [5, 5.41) is 21.9. The van der Waals surface area contributed by atoms with Crippen LogP contribution < -0.4 is 31.7 Å². The van der Waals surface area contributed by atoms with E-state index >= 15 is 0 Å². The van der Waals surface area contributed by atoms with E-state index < -0.39 is 76.9 Å². The molecule has 0 fully saturated rings. The van der Waals surface area contributed by atoms with Crippen molar-refractivity contribution >= 4 is 42.0 Å². The van der Waals surface area contributed by atoms with Crippen molar-refractivity contribution < 1.29 is 57.6 Å². The summed E-state index contributed by atoms with van der Waals surface area (Å²) in [7, 11) is 1.52. The molecule has 3 rings (SSSR count). The first-order valence-corrected chi connectivity index (χ1v) is 21.3. The van der Waals surface area contributed by atoms with Crippen LogP contribution in [-0.2, 0) is 46.2 Å². The van der Waals surface area contributed by atoms with Gasteiger partial charge in [-0.1, -0.05) is 12.1 Å². The molecule has 354 valence electrons. The minimum absolute atomic E-state index is 0.00383. The molecule has 1 heterocycles. The molecule has 64 heavy (non-hydrogen) atoms. The summed E-state index contributed by atoms with van der Waals surface area (Å²) in [6, 6.07) is 5.47. The first-order valence-electron chi connectivity index (χ1n) is 21.3.